The van der Waals surface area contributed by atoms with Crippen LogP contribution in [0.15, 0.2) is 29.2 Å². The molecule has 5 nitrogen and oxygen atoms in total. The van der Waals surface area contributed by atoms with Crippen molar-refractivity contribution in [2.24, 2.45) is 0 Å². The van der Waals surface area contributed by atoms with E-state index >= 15 is 0 Å². The lowest BCUT2D eigenvalue weighted by atomic mass is 10.2. The van der Waals surface area contributed by atoms with Crippen molar-refractivity contribution in [2.45, 2.75) is 18.2 Å². The zero-order chi connectivity index (χ0) is 13.4. The van der Waals surface area contributed by atoms with Crippen molar-refractivity contribution in [3.8, 4) is 6.07 Å². The minimum Gasteiger partial charge on any atom is -0.317 e. The van der Waals surface area contributed by atoms with Gasteiger partial charge in [0.05, 0.1) is 16.5 Å². The number of sulfonamides is 1. The molecule has 0 atom stereocenters. The molecule has 6 heteroatoms. The van der Waals surface area contributed by atoms with Crippen molar-refractivity contribution in [3.63, 3.8) is 0 Å². The number of hydrogen-bond acceptors (Lipinski definition) is 4. The molecule has 1 aromatic carbocycles. The van der Waals surface area contributed by atoms with E-state index in [0.717, 1.165) is 19.5 Å². The van der Waals surface area contributed by atoms with Gasteiger partial charge in [0.2, 0.25) is 10.0 Å². The molecule has 18 heavy (non-hydrogen) atoms. The average Bonchev–Trinajstić information content (AvgIpc) is 2.38. The number of nitrogens with one attached hydrogen (secondary N) is 2. The monoisotopic (exact) mass is 267 g/mol. The number of nitrogens with zero attached hydrogens (tertiary/aromatic N) is 1. The summed E-state index contributed by atoms with van der Waals surface area (Å²) in [6.07, 6.45) is 0.739. The molecular weight excluding hydrogens is 250 g/mol. The Hall–Kier alpha value is -1.42. The van der Waals surface area contributed by atoms with Crippen LogP contribution in [0.25, 0.3) is 0 Å². The Labute approximate surface area is 108 Å². The van der Waals surface area contributed by atoms with E-state index in [9.17, 15) is 8.42 Å². The fourth-order valence-electron chi connectivity index (χ4n) is 1.39. The summed E-state index contributed by atoms with van der Waals surface area (Å²) in [5, 5.41) is 11.8. The van der Waals surface area contributed by atoms with E-state index in [1.54, 1.807) is 0 Å². The van der Waals surface area contributed by atoms with Crippen LogP contribution < -0.4 is 10.0 Å². The largest absolute Gasteiger partial charge is 0.317 e. The van der Waals surface area contributed by atoms with E-state index in [1.807, 2.05) is 13.0 Å². The van der Waals surface area contributed by atoms with E-state index < -0.39 is 10.0 Å². The normalized spacial score (nSPS) is 11.1. The number of hydrogen-bond donors (Lipinski definition) is 2. The molecule has 0 unspecified atom stereocenters. The molecule has 1 rings (SSSR count). The van der Waals surface area contributed by atoms with Gasteiger partial charge in [0.1, 0.15) is 0 Å². The van der Waals surface area contributed by atoms with Gasteiger partial charge in [0.15, 0.2) is 0 Å². The minimum atomic E-state index is -3.46. The topological polar surface area (TPSA) is 82.0 Å². The fraction of sp³-hybridized carbons (Fsp3) is 0.417. The summed E-state index contributed by atoms with van der Waals surface area (Å²) in [7, 11) is -3.46. The zero-order valence-corrected chi connectivity index (χ0v) is 11.1. The SMILES string of the molecule is CCNCCCNS(=O)(=O)c1ccc(C#N)cc1. The second-order valence-corrected chi connectivity index (χ2v) is 5.51. The number of nitriles is 1. The molecule has 0 heterocycles. The maximum Gasteiger partial charge on any atom is 0.240 e. The minimum absolute atomic E-state index is 0.185. The molecule has 0 amide bonds. The zero-order valence-electron chi connectivity index (χ0n) is 10.3. The van der Waals surface area contributed by atoms with Crippen LogP contribution in [0.5, 0.6) is 0 Å². The van der Waals surface area contributed by atoms with Crippen LogP contribution in [-0.2, 0) is 10.0 Å². The third-order valence-electron chi connectivity index (χ3n) is 2.37. The Bertz CT molecular complexity index is 503. The van der Waals surface area contributed by atoms with E-state index in [-0.39, 0.29) is 4.90 Å². The molecule has 0 spiro atoms. The summed E-state index contributed by atoms with van der Waals surface area (Å²) >= 11 is 0. The highest BCUT2D eigenvalue weighted by Crippen LogP contribution is 2.09. The smallest absolute Gasteiger partial charge is 0.240 e. The first-order chi connectivity index (χ1) is 8.60. The quantitative estimate of drug-likeness (QED) is 0.717. The Kier molecular flexibility index (Phi) is 5.78. The maximum atomic E-state index is 11.9. The van der Waals surface area contributed by atoms with Crippen LogP contribution in [0, 0.1) is 11.3 Å². The molecule has 0 aromatic heterocycles. The molecule has 0 aliphatic heterocycles. The van der Waals surface area contributed by atoms with Gasteiger partial charge in [-0.3, -0.25) is 0 Å². The van der Waals surface area contributed by atoms with Gasteiger partial charge in [0.25, 0.3) is 0 Å². The van der Waals surface area contributed by atoms with Crippen LogP contribution in [0.3, 0.4) is 0 Å². The average molecular weight is 267 g/mol. The molecular formula is C12H17N3O2S. The van der Waals surface area contributed by atoms with Crippen molar-refractivity contribution in [3.05, 3.63) is 29.8 Å². The first-order valence-electron chi connectivity index (χ1n) is 5.80. The summed E-state index contributed by atoms with van der Waals surface area (Å²) < 4.78 is 26.2. The highest BCUT2D eigenvalue weighted by molar-refractivity contribution is 7.89. The Morgan fingerprint density at radius 1 is 1.22 bits per heavy atom. The van der Waals surface area contributed by atoms with E-state index in [4.69, 9.17) is 5.26 Å². The molecule has 0 aliphatic rings. The second kappa shape index (κ2) is 7.11. The summed E-state index contributed by atoms with van der Waals surface area (Å²) in [5.74, 6) is 0. The molecule has 0 radical (unpaired) electrons. The molecule has 0 aliphatic carbocycles. The van der Waals surface area contributed by atoms with E-state index in [2.05, 4.69) is 10.0 Å². The van der Waals surface area contributed by atoms with Crippen LogP contribution in [0.1, 0.15) is 18.9 Å². The highest BCUT2D eigenvalue weighted by Gasteiger charge is 2.12. The van der Waals surface area contributed by atoms with Crippen molar-refractivity contribution < 1.29 is 8.42 Å². The first kappa shape index (κ1) is 14.6. The van der Waals surface area contributed by atoms with Gasteiger partial charge in [-0.1, -0.05) is 6.92 Å². The van der Waals surface area contributed by atoms with Gasteiger partial charge >= 0.3 is 0 Å². The number of rotatable bonds is 7. The van der Waals surface area contributed by atoms with Gasteiger partial charge in [-0.25, -0.2) is 13.1 Å². The molecule has 0 saturated heterocycles. The molecule has 1 aromatic rings. The van der Waals surface area contributed by atoms with Crippen molar-refractivity contribution in [1.82, 2.24) is 10.0 Å². The van der Waals surface area contributed by atoms with Gasteiger partial charge in [-0.2, -0.15) is 5.26 Å². The Morgan fingerprint density at radius 2 is 1.89 bits per heavy atom. The lowest BCUT2D eigenvalue weighted by Gasteiger charge is -2.06. The Balaban J connectivity index is 2.55. The third kappa shape index (κ3) is 4.45. The lowest BCUT2D eigenvalue weighted by Crippen LogP contribution is -2.27. The predicted molar refractivity (Wildman–Crippen MR) is 69.5 cm³/mol. The standard InChI is InChI=1S/C12H17N3O2S/c1-2-14-8-3-9-15-18(16,17)12-6-4-11(10-13)5-7-12/h4-7,14-15H,2-3,8-9H2,1H3. The summed E-state index contributed by atoms with van der Waals surface area (Å²) in [6, 6.07) is 7.81. The fourth-order valence-corrected chi connectivity index (χ4v) is 2.46. The van der Waals surface area contributed by atoms with Crippen molar-refractivity contribution >= 4 is 10.0 Å². The van der Waals surface area contributed by atoms with Gasteiger partial charge in [0, 0.05) is 6.54 Å². The highest BCUT2D eigenvalue weighted by atomic mass is 32.2. The van der Waals surface area contributed by atoms with Crippen molar-refractivity contribution in [1.29, 1.82) is 5.26 Å². The van der Waals surface area contributed by atoms with Crippen LogP contribution in [0.2, 0.25) is 0 Å². The molecule has 0 bridgehead atoms. The Morgan fingerprint density at radius 3 is 2.44 bits per heavy atom. The van der Waals surface area contributed by atoms with Crippen molar-refractivity contribution in [2.75, 3.05) is 19.6 Å². The summed E-state index contributed by atoms with van der Waals surface area (Å²) in [5.41, 5.74) is 0.445. The maximum absolute atomic E-state index is 11.9. The molecule has 2 N–H and O–H groups in total. The second-order valence-electron chi connectivity index (χ2n) is 3.74. The molecule has 0 fully saturated rings. The van der Waals surface area contributed by atoms with E-state index in [1.165, 1.54) is 24.3 Å². The van der Waals surface area contributed by atoms with Crippen LogP contribution in [-0.4, -0.2) is 28.1 Å². The molecule has 98 valence electrons. The lowest BCUT2D eigenvalue weighted by molar-refractivity contribution is 0.575. The van der Waals surface area contributed by atoms with Crippen LogP contribution in [0.4, 0.5) is 0 Å². The first-order valence-corrected chi connectivity index (χ1v) is 7.29. The summed E-state index contributed by atoms with van der Waals surface area (Å²) in [4.78, 5) is 0.185. The third-order valence-corrected chi connectivity index (χ3v) is 3.84. The summed E-state index contributed by atoms with van der Waals surface area (Å²) in [6.45, 7) is 4.06. The van der Waals surface area contributed by atoms with E-state index in [0.29, 0.717) is 12.1 Å². The molecule has 0 saturated carbocycles. The number of benzene rings is 1. The van der Waals surface area contributed by atoms with Gasteiger partial charge in [-0.05, 0) is 43.8 Å². The predicted octanol–water partition coefficient (Wildman–Crippen LogP) is 0.836. The van der Waals surface area contributed by atoms with Gasteiger partial charge in [-0.15, -0.1) is 0 Å². The van der Waals surface area contributed by atoms with Gasteiger partial charge < -0.3 is 5.32 Å². The van der Waals surface area contributed by atoms with Crippen LogP contribution >= 0.6 is 0 Å².